The molecule has 0 radical (unpaired) electrons. The molecule has 0 saturated carbocycles. The Morgan fingerprint density at radius 1 is 1.55 bits per heavy atom. The molecule has 0 atom stereocenters. The Morgan fingerprint density at radius 3 is 2.91 bits per heavy atom. The van der Waals surface area contributed by atoms with Crippen molar-refractivity contribution in [3.8, 4) is 0 Å². The monoisotopic (exact) mass is 151 g/mol. The zero-order valence-electron chi connectivity index (χ0n) is 7.51. The Hall–Kier alpha value is -0.720. The predicted octanol–water partition coefficient (Wildman–Crippen LogP) is 2.56. The van der Waals surface area contributed by atoms with Crippen LogP contribution in [-0.2, 0) is 0 Å². The molecule has 0 amide bonds. The fourth-order valence-electron chi connectivity index (χ4n) is 1.14. The van der Waals surface area contributed by atoms with E-state index in [4.69, 9.17) is 0 Å². The van der Waals surface area contributed by atoms with Crippen LogP contribution in [0.5, 0.6) is 0 Å². The topological polar surface area (TPSA) is 3.24 Å². The molecule has 0 aromatic heterocycles. The third-order valence-electron chi connectivity index (χ3n) is 1.99. The second-order valence-corrected chi connectivity index (χ2v) is 3.11. The number of hydrogen-bond acceptors (Lipinski definition) is 1. The summed E-state index contributed by atoms with van der Waals surface area (Å²) in [6.45, 7) is 6.68. The quantitative estimate of drug-likeness (QED) is 0.599. The first kappa shape index (κ1) is 8.38. The third kappa shape index (κ3) is 2.79. The van der Waals surface area contributed by atoms with Gasteiger partial charge in [0.1, 0.15) is 0 Å². The van der Waals surface area contributed by atoms with Crippen molar-refractivity contribution in [2.24, 2.45) is 0 Å². The van der Waals surface area contributed by atoms with Crippen molar-refractivity contribution in [2.75, 3.05) is 13.1 Å². The molecule has 1 aliphatic rings. The first-order chi connectivity index (χ1) is 5.33. The van der Waals surface area contributed by atoms with E-state index in [1.165, 1.54) is 25.0 Å². The standard InChI is InChI=1S/C10H17N/c1-3-4-7-11-8-5-10(2)6-9-11/h5-6,8H,3-4,7,9H2,1-2H3. The lowest BCUT2D eigenvalue weighted by atomic mass is 10.2. The third-order valence-corrected chi connectivity index (χ3v) is 1.99. The van der Waals surface area contributed by atoms with E-state index < -0.39 is 0 Å². The molecule has 11 heavy (non-hydrogen) atoms. The van der Waals surface area contributed by atoms with Crippen LogP contribution in [0.3, 0.4) is 0 Å². The van der Waals surface area contributed by atoms with Crippen molar-refractivity contribution in [1.29, 1.82) is 0 Å². The van der Waals surface area contributed by atoms with Crippen LogP contribution in [0, 0.1) is 0 Å². The fraction of sp³-hybridized carbons (Fsp3) is 0.600. The molecule has 0 aromatic rings. The van der Waals surface area contributed by atoms with Gasteiger partial charge in [0.2, 0.25) is 0 Å². The molecule has 0 fully saturated rings. The summed E-state index contributed by atoms with van der Waals surface area (Å²) in [5.74, 6) is 0. The van der Waals surface area contributed by atoms with Gasteiger partial charge in [-0.3, -0.25) is 0 Å². The number of unbranched alkanes of at least 4 members (excludes halogenated alkanes) is 1. The molecule has 1 nitrogen and oxygen atoms in total. The largest absolute Gasteiger partial charge is 0.374 e. The Balaban J connectivity index is 2.25. The maximum atomic E-state index is 2.36. The lowest BCUT2D eigenvalue weighted by Gasteiger charge is -2.21. The van der Waals surface area contributed by atoms with Gasteiger partial charge in [0, 0.05) is 13.1 Å². The number of rotatable bonds is 3. The number of nitrogens with zero attached hydrogens (tertiary/aromatic N) is 1. The number of allylic oxidation sites excluding steroid dienone is 2. The van der Waals surface area contributed by atoms with Crippen LogP contribution in [0.1, 0.15) is 26.7 Å². The van der Waals surface area contributed by atoms with E-state index in [-0.39, 0.29) is 0 Å². The van der Waals surface area contributed by atoms with Crippen LogP contribution in [-0.4, -0.2) is 18.0 Å². The van der Waals surface area contributed by atoms with Gasteiger partial charge in [-0.15, -0.1) is 0 Å². The Bertz CT molecular complexity index is 168. The summed E-state index contributed by atoms with van der Waals surface area (Å²) >= 11 is 0. The summed E-state index contributed by atoms with van der Waals surface area (Å²) < 4.78 is 0. The van der Waals surface area contributed by atoms with Crippen molar-refractivity contribution >= 4 is 0 Å². The minimum Gasteiger partial charge on any atom is -0.374 e. The molecule has 0 unspecified atom stereocenters. The van der Waals surface area contributed by atoms with E-state index in [1.807, 2.05) is 0 Å². The van der Waals surface area contributed by atoms with E-state index in [1.54, 1.807) is 0 Å². The average molecular weight is 151 g/mol. The highest BCUT2D eigenvalue weighted by molar-refractivity contribution is 5.19. The highest BCUT2D eigenvalue weighted by atomic mass is 15.1. The van der Waals surface area contributed by atoms with Crippen LogP contribution in [0.25, 0.3) is 0 Å². The summed E-state index contributed by atoms with van der Waals surface area (Å²) in [5, 5.41) is 0. The highest BCUT2D eigenvalue weighted by Crippen LogP contribution is 2.06. The van der Waals surface area contributed by atoms with Crippen LogP contribution >= 0.6 is 0 Å². The zero-order valence-corrected chi connectivity index (χ0v) is 7.51. The molecule has 1 rings (SSSR count). The molecule has 62 valence electrons. The summed E-state index contributed by atoms with van der Waals surface area (Å²) in [6.07, 6.45) is 9.24. The molecule has 0 spiro atoms. The maximum absolute atomic E-state index is 2.36. The molecule has 0 aliphatic carbocycles. The van der Waals surface area contributed by atoms with Gasteiger partial charge in [-0.2, -0.15) is 0 Å². The minimum absolute atomic E-state index is 1.10. The lowest BCUT2D eigenvalue weighted by molar-refractivity contribution is 0.399. The molecule has 0 N–H and O–H groups in total. The van der Waals surface area contributed by atoms with Gasteiger partial charge in [-0.25, -0.2) is 0 Å². The van der Waals surface area contributed by atoms with Crippen molar-refractivity contribution in [3.05, 3.63) is 23.9 Å². The summed E-state index contributed by atoms with van der Waals surface area (Å²) in [5.41, 5.74) is 1.39. The number of hydrogen-bond donors (Lipinski definition) is 0. The van der Waals surface area contributed by atoms with Gasteiger partial charge in [-0.05, 0) is 25.6 Å². The van der Waals surface area contributed by atoms with Crippen molar-refractivity contribution in [1.82, 2.24) is 4.90 Å². The van der Waals surface area contributed by atoms with Gasteiger partial charge in [0.15, 0.2) is 0 Å². The minimum atomic E-state index is 1.10. The van der Waals surface area contributed by atoms with Crippen LogP contribution < -0.4 is 0 Å². The van der Waals surface area contributed by atoms with Crippen molar-refractivity contribution < 1.29 is 0 Å². The fourth-order valence-corrected chi connectivity index (χ4v) is 1.14. The first-order valence-electron chi connectivity index (χ1n) is 4.42. The molecule has 0 bridgehead atoms. The lowest BCUT2D eigenvalue weighted by Crippen LogP contribution is -2.20. The Kier molecular flexibility index (Phi) is 3.21. The van der Waals surface area contributed by atoms with Gasteiger partial charge < -0.3 is 4.90 Å². The van der Waals surface area contributed by atoms with Crippen molar-refractivity contribution in [2.45, 2.75) is 26.7 Å². The van der Waals surface area contributed by atoms with Gasteiger partial charge in [0.25, 0.3) is 0 Å². The van der Waals surface area contributed by atoms with Gasteiger partial charge in [-0.1, -0.05) is 25.0 Å². The smallest absolute Gasteiger partial charge is 0.0359 e. The average Bonchev–Trinajstić information content (AvgIpc) is 2.04. The molecule has 0 saturated heterocycles. The summed E-state index contributed by atoms with van der Waals surface area (Å²) in [4.78, 5) is 2.36. The molecular formula is C10H17N. The van der Waals surface area contributed by atoms with E-state index in [0.29, 0.717) is 0 Å². The van der Waals surface area contributed by atoms with E-state index in [0.717, 1.165) is 6.54 Å². The van der Waals surface area contributed by atoms with Crippen molar-refractivity contribution in [3.63, 3.8) is 0 Å². The molecule has 1 aliphatic heterocycles. The molecular weight excluding hydrogens is 134 g/mol. The summed E-state index contributed by atoms with van der Waals surface area (Å²) in [7, 11) is 0. The Morgan fingerprint density at radius 2 is 2.36 bits per heavy atom. The second-order valence-electron chi connectivity index (χ2n) is 3.11. The SMILES string of the molecule is CCCCN1C=CC(C)=CC1. The molecule has 1 heteroatoms. The molecule has 1 heterocycles. The van der Waals surface area contributed by atoms with Crippen LogP contribution in [0.15, 0.2) is 23.9 Å². The first-order valence-corrected chi connectivity index (χ1v) is 4.42. The maximum Gasteiger partial charge on any atom is 0.0359 e. The normalized spacial score (nSPS) is 16.9. The summed E-state index contributed by atoms with van der Waals surface area (Å²) in [6, 6.07) is 0. The van der Waals surface area contributed by atoms with Gasteiger partial charge >= 0.3 is 0 Å². The van der Waals surface area contributed by atoms with Crippen LogP contribution in [0.4, 0.5) is 0 Å². The van der Waals surface area contributed by atoms with E-state index in [2.05, 4.69) is 37.1 Å². The molecule has 0 aromatic carbocycles. The van der Waals surface area contributed by atoms with Crippen LogP contribution in [0.2, 0.25) is 0 Å². The predicted molar refractivity (Wildman–Crippen MR) is 49.4 cm³/mol. The zero-order chi connectivity index (χ0) is 8.10. The Labute approximate surface area is 69.4 Å². The van der Waals surface area contributed by atoms with E-state index in [9.17, 15) is 0 Å². The second kappa shape index (κ2) is 4.22. The van der Waals surface area contributed by atoms with E-state index >= 15 is 0 Å². The highest BCUT2D eigenvalue weighted by Gasteiger charge is 1.99. The van der Waals surface area contributed by atoms with Gasteiger partial charge in [0.05, 0.1) is 0 Å².